The predicted molar refractivity (Wildman–Crippen MR) is 70.4 cm³/mol. The van der Waals surface area contributed by atoms with Gasteiger partial charge in [-0.25, -0.2) is 0 Å². The average Bonchev–Trinajstić information content (AvgIpc) is 2.62. The Kier molecular flexibility index (Phi) is 5.15. The highest BCUT2D eigenvalue weighted by Gasteiger charge is 2.29. The molecule has 10 heteroatoms. The van der Waals surface area contributed by atoms with E-state index in [1.807, 2.05) is 0 Å². The molecule has 6 nitrogen and oxygen atoms in total. The number of aromatic nitrogens is 1. The Balaban J connectivity index is 2.94. The van der Waals surface area contributed by atoms with E-state index >= 15 is 0 Å². The molecule has 0 unspecified atom stereocenters. The van der Waals surface area contributed by atoms with Gasteiger partial charge in [0.2, 0.25) is 5.91 Å². The number of thiazole rings is 1. The monoisotopic (exact) mass is 325 g/mol. The number of likely N-dealkylation sites (N-methyl/N-ethyl adjacent to an activating group) is 1. The number of nitrogens with one attached hydrogen (secondary N) is 1. The summed E-state index contributed by atoms with van der Waals surface area (Å²) in [5, 5.41) is 1.70. The van der Waals surface area contributed by atoms with Gasteiger partial charge in [0.1, 0.15) is 18.0 Å². The van der Waals surface area contributed by atoms with Crippen LogP contribution in [0.25, 0.3) is 0 Å². The van der Waals surface area contributed by atoms with Crippen LogP contribution in [-0.2, 0) is 11.3 Å². The van der Waals surface area contributed by atoms with E-state index in [0.29, 0.717) is 11.3 Å². The molecule has 118 valence electrons. The van der Waals surface area contributed by atoms with Crippen molar-refractivity contribution in [2.24, 2.45) is 0 Å². The number of rotatable bonds is 4. The maximum atomic E-state index is 12.0. The number of nitrogens with zero attached hydrogens (tertiary/aromatic N) is 2. The van der Waals surface area contributed by atoms with Crippen LogP contribution in [0.1, 0.15) is 15.4 Å². The first kappa shape index (κ1) is 17.2. The van der Waals surface area contributed by atoms with Crippen LogP contribution in [0.5, 0.6) is 0 Å². The summed E-state index contributed by atoms with van der Waals surface area (Å²) >= 11 is 0.511. The van der Waals surface area contributed by atoms with Gasteiger partial charge in [-0.1, -0.05) is 11.3 Å². The molecule has 0 saturated carbocycles. The smallest absolute Gasteiger partial charge is 0.347 e. The van der Waals surface area contributed by atoms with Crippen LogP contribution in [0.4, 0.5) is 13.2 Å². The molecule has 0 aliphatic carbocycles. The van der Waals surface area contributed by atoms with Crippen LogP contribution in [0.3, 0.4) is 0 Å². The van der Waals surface area contributed by atoms with Gasteiger partial charge in [0.25, 0.3) is 5.91 Å². The summed E-state index contributed by atoms with van der Waals surface area (Å²) in [5.41, 5.74) is 0.167. The fourth-order valence-corrected chi connectivity index (χ4v) is 2.32. The normalized spacial score (nSPS) is 11.3. The predicted octanol–water partition coefficient (Wildman–Crippen LogP) is 0.599. The fourth-order valence-electron chi connectivity index (χ4n) is 1.41. The number of carbonyl (C=O) groups excluding carboxylic acids is 2. The maximum absolute atomic E-state index is 12.0. The third kappa shape index (κ3) is 4.59. The maximum Gasteiger partial charge on any atom is 0.405 e. The third-order valence-electron chi connectivity index (χ3n) is 2.59. The van der Waals surface area contributed by atoms with E-state index in [2.05, 4.69) is 0 Å². The molecule has 1 rings (SSSR count). The molecule has 1 aromatic heterocycles. The summed E-state index contributed by atoms with van der Waals surface area (Å²) in [6.45, 7) is -0.335. The molecule has 0 radical (unpaired) electrons. The lowest BCUT2D eigenvalue weighted by Crippen LogP contribution is -2.34. The quantitative estimate of drug-likeness (QED) is 0.881. The largest absolute Gasteiger partial charge is 0.405 e. The first-order chi connectivity index (χ1) is 9.53. The zero-order chi connectivity index (χ0) is 16.4. The van der Waals surface area contributed by atoms with Crippen LogP contribution in [-0.4, -0.2) is 48.1 Å². The average molecular weight is 325 g/mol. The van der Waals surface area contributed by atoms with E-state index in [9.17, 15) is 27.6 Å². The standard InChI is InChI=1S/C11H14F3N3O3S/c1-6-8(9(19)15-5-11(12,13)14)21-10(20)17(6)4-7(18)16(2)3/h4-5H2,1-3H3,(H,15,19). The highest BCUT2D eigenvalue weighted by Crippen LogP contribution is 2.15. The van der Waals surface area contributed by atoms with Crippen molar-refractivity contribution in [3.63, 3.8) is 0 Å². The van der Waals surface area contributed by atoms with E-state index in [-0.39, 0.29) is 23.0 Å². The minimum absolute atomic E-state index is 0.129. The van der Waals surface area contributed by atoms with Gasteiger partial charge < -0.3 is 10.2 Å². The van der Waals surface area contributed by atoms with E-state index in [0.717, 1.165) is 4.57 Å². The molecule has 0 saturated heterocycles. The Labute approximate surface area is 122 Å². The van der Waals surface area contributed by atoms with E-state index < -0.39 is 23.5 Å². The van der Waals surface area contributed by atoms with Crippen molar-refractivity contribution in [2.75, 3.05) is 20.6 Å². The molecular weight excluding hydrogens is 311 g/mol. The van der Waals surface area contributed by atoms with Crippen LogP contribution in [0.15, 0.2) is 4.79 Å². The van der Waals surface area contributed by atoms with Crippen molar-refractivity contribution in [3.8, 4) is 0 Å². The van der Waals surface area contributed by atoms with Gasteiger partial charge in [-0.2, -0.15) is 13.2 Å². The summed E-state index contributed by atoms with van der Waals surface area (Å²) in [6.07, 6.45) is -4.53. The molecular formula is C11H14F3N3O3S. The fraction of sp³-hybridized carbons (Fsp3) is 0.545. The summed E-state index contributed by atoms with van der Waals surface area (Å²) in [7, 11) is 3.01. The molecule has 0 fully saturated rings. The third-order valence-corrected chi connectivity index (χ3v) is 3.67. The minimum atomic E-state index is -4.53. The van der Waals surface area contributed by atoms with E-state index in [1.165, 1.54) is 25.9 Å². The Morgan fingerprint density at radius 1 is 1.33 bits per heavy atom. The first-order valence-corrected chi connectivity index (χ1v) is 6.60. The molecule has 0 aliphatic rings. The van der Waals surface area contributed by atoms with Crippen LogP contribution >= 0.6 is 11.3 Å². The second-order valence-electron chi connectivity index (χ2n) is 4.45. The highest BCUT2D eigenvalue weighted by molar-refractivity contribution is 7.11. The molecule has 1 heterocycles. The molecule has 1 N–H and O–H groups in total. The molecule has 0 bridgehead atoms. The summed E-state index contributed by atoms with van der Waals surface area (Å²) < 4.78 is 37.2. The molecule has 0 aliphatic heterocycles. The first-order valence-electron chi connectivity index (χ1n) is 5.78. The number of carbonyl (C=O) groups is 2. The molecule has 2 amide bonds. The molecule has 0 aromatic carbocycles. The van der Waals surface area contributed by atoms with E-state index in [4.69, 9.17) is 0 Å². The molecule has 1 aromatic rings. The topological polar surface area (TPSA) is 71.4 Å². The highest BCUT2D eigenvalue weighted by atomic mass is 32.1. The van der Waals surface area contributed by atoms with Gasteiger partial charge in [0.05, 0.1) is 0 Å². The van der Waals surface area contributed by atoms with Crippen molar-refractivity contribution in [1.29, 1.82) is 0 Å². The van der Waals surface area contributed by atoms with Crippen molar-refractivity contribution in [3.05, 3.63) is 20.2 Å². The zero-order valence-electron chi connectivity index (χ0n) is 11.6. The Morgan fingerprint density at radius 3 is 2.38 bits per heavy atom. The van der Waals surface area contributed by atoms with Crippen molar-refractivity contribution in [1.82, 2.24) is 14.8 Å². The van der Waals surface area contributed by atoms with Gasteiger partial charge >= 0.3 is 11.0 Å². The van der Waals surface area contributed by atoms with Crippen molar-refractivity contribution >= 4 is 23.2 Å². The van der Waals surface area contributed by atoms with Gasteiger partial charge in [-0.05, 0) is 6.92 Å². The van der Waals surface area contributed by atoms with Crippen LogP contribution in [0, 0.1) is 6.92 Å². The summed E-state index contributed by atoms with van der Waals surface area (Å²) in [4.78, 5) is 35.5. The number of alkyl halides is 3. The SMILES string of the molecule is Cc1c(C(=O)NCC(F)(F)F)sc(=O)n1CC(=O)N(C)C. The lowest BCUT2D eigenvalue weighted by Gasteiger charge is -2.11. The van der Waals surface area contributed by atoms with Crippen LogP contribution < -0.4 is 10.2 Å². The van der Waals surface area contributed by atoms with Gasteiger partial charge in [0.15, 0.2) is 0 Å². The number of amides is 2. The van der Waals surface area contributed by atoms with Gasteiger partial charge in [-0.3, -0.25) is 19.0 Å². The van der Waals surface area contributed by atoms with E-state index in [1.54, 1.807) is 5.32 Å². The summed E-state index contributed by atoms with van der Waals surface area (Å²) in [5.74, 6) is -1.34. The minimum Gasteiger partial charge on any atom is -0.347 e. The molecule has 21 heavy (non-hydrogen) atoms. The molecule has 0 spiro atoms. The zero-order valence-corrected chi connectivity index (χ0v) is 12.4. The Bertz CT molecular complexity index is 604. The molecule has 0 atom stereocenters. The number of hydrogen-bond donors (Lipinski definition) is 1. The van der Waals surface area contributed by atoms with Crippen molar-refractivity contribution < 1.29 is 22.8 Å². The number of halogens is 3. The number of hydrogen-bond acceptors (Lipinski definition) is 4. The Hall–Kier alpha value is -1.84. The lowest BCUT2D eigenvalue weighted by atomic mass is 10.3. The lowest BCUT2D eigenvalue weighted by molar-refractivity contribution is -0.129. The van der Waals surface area contributed by atoms with Gasteiger partial charge in [-0.15, -0.1) is 0 Å². The Morgan fingerprint density at radius 2 is 1.90 bits per heavy atom. The van der Waals surface area contributed by atoms with Crippen molar-refractivity contribution in [2.45, 2.75) is 19.6 Å². The van der Waals surface area contributed by atoms with Gasteiger partial charge in [0, 0.05) is 19.8 Å². The summed E-state index contributed by atoms with van der Waals surface area (Å²) in [6, 6.07) is 0. The van der Waals surface area contributed by atoms with Crippen LogP contribution in [0.2, 0.25) is 0 Å². The second kappa shape index (κ2) is 6.29. The second-order valence-corrected chi connectivity index (χ2v) is 5.42.